The van der Waals surface area contributed by atoms with Crippen LogP contribution in [0.1, 0.15) is 18.3 Å². The van der Waals surface area contributed by atoms with Gasteiger partial charge in [-0.15, -0.1) is 10.2 Å². The summed E-state index contributed by atoms with van der Waals surface area (Å²) >= 11 is 1.38. The van der Waals surface area contributed by atoms with E-state index in [1.807, 2.05) is 56.6 Å². The molecule has 3 rings (SSSR count). The zero-order valence-corrected chi connectivity index (χ0v) is 14.3. The van der Waals surface area contributed by atoms with Gasteiger partial charge in [-0.2, -0.15) is 5.10 Å². The van der Waals surface area contributed by atoms with Gasteiger partial charge in [-0.3, -0.25) is 13.9 Å². The summed E-state index contributed by atoms with van der Waals surface area (Å²) in [6.07, 6.45) is 1.89. The molecule has 3 aromatic rings. The maximum Gasteiger partial charge on any atom is 0.237 e. The van der Waals surface area contributed by atoms with E-state index in [0.29, 0.717) is 5.16 Å². The second kappa shape index (κ2) is 6.04. The summed E-state index contributed by atoms with van der Waals surface area (Å²) in [7, 11) is 1.86. The lowest BCUT2D eigenvalue weighted by molar-refractivity contribution is -0.115. The molecule has 1 amide bonds. The van der Waals surface area contributed by atoms with E-state index in [0.717, 1.165) is 22.7 Å². The Labute approximate surface area is 138 Å². The summed E-state index contributed by atoms with van der Waals surface area (Å²) in [4.78, 5) is 12.5. The van der Waals surface area contributed by atoms with Crippen molar-refractivity contribution in [2.24, 2.45) is 7.05 Å². The third-order valence-electron chi connectivity index (χ3n) is 3.69. The number of amides is 1. The number of hydrogen-bond donors (Lipinski definition) is 1. The van der Waals surface area contributed by atoms with Gasteiger partial charge in [0.2, 0.25) is 5.91 Å². The number of fused-ring (bicyclic) bond motifs is 1. The second-order valence-electron chi connectivity index (χ2n) is 5.33. The molecular weight excluding hydrogens is 312 g/mol. The van der Waals surface area contributed by atoms with Crippen molar-refractivity contribution in [1.82, 2.24) is 24.4 Å². The average molecular weight is 330 g/mol. The zero-order valence-electron chi connectivity index (χ0n) is 13.4. The van der Waals surface area contributed by atoms with E-state index in [9.17, 15) is 4.79 Å². The Morgan fingerprint density at radius 1 is 1.30 bits per heavy atom. The van der Waals surface area contributed by atoms with Crippen LogP contribution in [0.2, 0.25) is 0 Å². The molecule has 0 saturated heterocycles. The molecule has 0 aliphatic heterocycles. The van der Waals surface area contributed by atoms with Crippen LogP contribution in [-0.4, -0.2) is 35.5 Å². The van der Waals surface area contributed by atoms with Crippen molar-refractivity contribution in [3.05, 3.63) is 35.8 Å². The molecule has 0 aromatic carbocycles. The molecule has 3 heterocycles. The van der Waals surface area contributed by atoms with Crippen LogP contribution in [0.3, 0.4) is 0 Å². The average Bonchev–Trinajstić information content (AvgIpc) is 3.04. The second-order valence-corrected chi connectivity index (χ2v) is 6.64. The van der Waals surface area contributed by atoms with Crippen molar-refractivity contribution in [3.63, 3.8) is 0 Å². The number of anilines is 1. The van der Waals surface area contributed by atoms with Crippen LogP contribution in [0.4, 0.5) is 5.69 Å². The Morgan fingerprint density at radius 2 is 2.09 bits per heavy atom. The third kappa shape index (κ3) is 2.94. The van der Waals surface area contributed by atoms with E-state index in [1.165, 1.54) is 11.8 Å². The molecule has 1 N–H and O–H groups in total. The van der Waals surface area contributed by atoms with Crippen molar-refractivity contribution in [2.45, 2.75) is 31.2 Å². The Hall–Kier alpha value is -2.35. The number of carbonyl (C=O) groups is 1. The van der Waals surface area contributed by atoms with Gasteiger partial charge in [-0.25, -0.2) is 0 Å². The van der Waals surface area contributed by atoms with Crippen LogP contribution in [0.5, 0.6) is 0 Å². The first-order valence-electron chi connectivity index (χ1n) is 7.25. The van der Waals surface area contributed by atoms with Crippen molar-refractivity contribution < 1.29 is 4.79 Å². The number of aryl methyl sites for hydroxylation is 2. The fraction of sp³-hybridized carbons (Fsp3) is 0.333. The molecule has 0 fully saturated rings. The number of nitrogens with one attached hydrogen (secondary N) is 1. The Morgan fingerprint density at radius 3 is 2.78 bits per heavy atom. The predicted octanol–water partition coefficient (Wildman–Crippen LogP) is 2.20. The van der Waals surface area contributed by atoms with Gasteiger partial charge in [0.1, 0.15) is 0 Å². The standard InChI is InChI=1S/C15H18N6OS/c1-9-13(10(2)20(4)19-9)16-14(22)11(3)23-15-18-17-12-7-5-6-8-21(12)15/h5-8,11H,1-4H3,(H,16,22)/t11-/m1/s1. The molecule has 23 heavy (non-hydrogen) atoms. The number of thioether (sulfide) groups is 1. The van der Waals surface area contributed by atoms with E-state index in [4.69, 9.17) is 0 Å². The molecule has 0 radical (unpaired) electrons. The lowest BCUT2D eigenvalue weighted by Gasteiger charge is -2.11. The molecule has 0 unspecified atom stereocenters. The quantitative estimate of drug-likeness (QED) is 0.742. The van der Waals surface area contributed by atoms with Gasteiger partial charge >= 0.3 is 0 Å². The van der Waals surface area contributed by atoms with E-state index < -0.39 is 0 Å². The number of pyridine rings is 1. The fourth-order valence-electron chi connectivity index (χ4n) is 2.29. The molecule has 0 spiro atoms. The first-order valence-corrected chi connectivity index (χ1v) is 8.13. The van der Waals surface area contributed by atoms with Gasteiger partial charge in [0, 0.05) is 13.2 Å². The van der Waals surface area contributed by atoms with Crippen molar-refractivity contribution in [1.29, 1.82) is 0 Å². The van der Waals surface area contributed by atoms with Gasteiger partial charge < -0.3 is 5.32 Å². The Kier molecular flexibility index (Phi) is 4.08. The normalized spacial score (nSPS) is 12.5. The van der Waals surface area contributed by atoms with Crippen molar-refractivity contribution in [2.75, 3.05) is 5.32 Å². The summed E-state index contributed by atoms with van der Waals surface area (Å²) in [5, 5.41) is 15.9. The molecule has 0 saturated carbocycles. The van der Waals surface area contributed by atoms with Gasteiger partial charge in [0.05, 0.1) is 22.3 Å². The Balaban J connectivity index is 1.75. The summed E-state index contributed by atoms with van der Waals surface area (Å²) in [5.74, 6) is -0.0816. The highest BCUT2D eigenvalue weighted by atomic mass is 32.2. The molecule has 1 atom stereocenters. The van der Waals surface area contributed by atoms with Crippen LogP contribution in [0.25, 0.3) is 5.65 Å². The summed E-state index contributed by atoms with van der Waals surface area (Å²) in [5.41, 5.74) is 3.28. The molecule has 8 heteroatoms. The number of aromatic nitrogens is 5. The molecule has 3 aromatic heterocycles. The number of carbonyl (C=O) groups excluding carboxylic acids is 1. The number of rotatable bonds is 4. The van der Waals surface area contributed by atoms with Gasteiger partial charge in [0.15, 0.2) is 10.8 Å². The molecule has 0 aliphatic rings. The van der Waals surface area contributed by atoms with E-state index >= 15 is 0 Å². The number of nitrogens with zero attached hydrogens (tertiary/aromatic N) is 5. The summed E-state index contributed by atoms with van der Waals surface area (Å²) < 4.78 is 3.63. The topological polar surface area (TPSA) is 77.1 Å². The fourth-order valence-corrected chi connectivity index (χ4v) is 3.13. The first-order chi connectivity index (χ1) is 11.0. The third-order valence-corrected chi connectivity index (χ3v) is 4.75. The Bertz CT molecular complexity index is 868. The number of hydrogen-bond acceptors (Lipinski definition) is 5. The minimum Gasteiger partial charge on any atom is -0.322 e. The zero-order chi connectivity index (χ0) is 16.6. The van der Waals surface area contributed by atoms with E-state index in [2.05, 4.69) is 20.6 Å². The van der Waals surface area contributed by atoms with Crippen LogP contribution < -0.4 is 5.32 Å². The SMILES string of the molecule is Cc1nn(C)c(C)c1NC(=O)[C@@H](C)Sc1nnc2ccccn12. The van der Waals surface area contributed by atoms with Crippen molar-refractivity contribution >= 4 is 29.0 Å². The molecule has 0 bridgehead atoms. The van der Waals surface area contributed by atoms with Crippen LogP contribution in [0, 0.1) is 13.8 Å². The highest BCUT2D eigenvalue weighted by Crippen LogP contribution is 2.24. The van der Waals surface area contributed by atoms with E-state index in [1.54, 1.807) is 4.68 Å². The van der Waals surface area contributed by atoms with E-state index in [-0.39, 0.29) is 11.2 Å². The highest BCUT2D eigenvalue weighted by molar-refractivity contribution is 8.00. The van der Waals surface area contributed by atoms with Gasteiger partial charge in [0.25, 0.3) is 0 Å². The van der Waals surface area contributed by atoms with Crippen LogP contribution in [-0.2, 0) is 11.8 Å². The minimum atomic E-state index is -0.304. The summed E-state index contributed by atoms with van der Waals surface area (Å²) in [6.45, 7) is 5.66. The largest absolute Gasteiger partial charge is 0.322 e. The highest BCUT2D eigenvalue weighted by Gasteiger charge is 2.20. The molecule has 7 nitrogen and oxygen atoms in total. The summed E-state index contributed by atoms with van der Waals surface area (Å²) in [6, 6.07) is 5.69. The minimum absolute atomic E-state index is 0.0816. The molecular formula is C15H18N6OS. The lowest BCUT2D eigenvalue weighted by atomic mass is 10.3. The maximum absolute atomic E-state index is 12.5. The monoisotopic (exact) mass is 330 g/mol. The maximum atomic E-state index is 12.5. The van der Waals surface area contributed by atoms with Gasteiger partial charge in [-0.1, -0.05) is 17.8 Å². The smallest absolute Gasteiger partial charge is 0.237 e. The molecule has 120 valence electrons. The van der Waals surface area contributed by atoms with Crippen LogP contribution in [0.15, 0.2) is 29.6 Å². The van der Waals surface area contributed by atoms with Crippen molar-refractivity contribution in [3.8, 4) is 0 Å². The van der Waals surface area contributed by atoms with Crippen LogP contribution >= 0.6 is 11.8 Å². The lowest BCUT2D eigenvalue weighted by Crippen LogP contribution is -2.23. The predicted molar refractivity (Wildman–Crippen MR) is 89.6 cm³/mol. The first kappa shape index (κ1) is 15.5. The van der Waals surface area contributed by atoms with Gasteiger partial charge in [-0.05, 0) is 32.9 Å². The molecule has 0 aliphatic carbocycles.